The van der Waals surface area contributed by atoms with Gasteiger partial charge in [0.2, 0.25) is 5.91 Å². The number of likely N-dealkylation sites (N-methyl/N-ethyl adjacent to an activating group) is 1. The van der Waals surface area contributed by atoms with Crippen molar-refractivity contribution in [1.82, 2.24) is 5.32 Å². The maximum Gasteiger partial charge on any atom is 0.268 e. The number of quaternary nitrogens is 1. The van der Waals surface area contributed by atoms with Gasteiger partial charge in [0.05, 0.1) is 39.9 Å². The van der Waals surface area contributed by atoms with Crippen molar-refractivity contribution in [2.75, 3.05) is 40.9 Å². The molecule has 0 aliphatic heterocycles. The van der Waals surface area contributed by atoms with E-state index in [1.165, 1.54) is 148 Å². The average molecular weight is 1200 g/mol. The third-order valence-corrected chi connectivity index (χ3v) is 15.7. The average Bonchev–Trinajstić information content (AvgIpc) is 3.49. The highest BCUT2D eigenvalue weighted by molar-refractivity contribution is 7.45. The van der Waals surface area contributed by atoms with Gasteiger partial charge in [0.1, 0.15) is 13.2 Å². The summed E-state index contributed by atoms with van der Waals surface area (Å²) in [6.07, 6.45) is 99.8. The standard InChI is InChI=1S/C76H131N2O6P/c1-6-8-10-12-14-16-18-20-22-24-26-28-30-32-34-36-38-40-41-43-45-47-49-51-53-55-57-59-61-63-65-67-69-75(79)74(73-84-85(81,82)83-72-71-78(3,4)5)77-76(80)70-68-66-64-62-60-58-56-54-52-50-48-46-44-42-39-37-35-33-31-29-27-25-23-21-19-17-15-13-11-9-7-2/h9,11,15,17,21,23,27,29,33,35,39,42,46,48,51-54,58-61,67,69,74-75,79H,6-8,10,12-14,16,18-20,22,24-26,28,30-32,34,36-38,40-41,43-45,47,49-50,55-57,62-66,68,70-73H2,1-5H3,(H-,77,80,81,82)/b11-9-,17-15-,23-21-,29-27-,35-33-,42-39-,48-46-,53-51+,54-52-,60-58-,61-59+,69-67+. The van der Waals surface area contributed by atoms with Crippen LogP contribution >= 0.6 is 7.82 Å². The minimum absolute atomic E-state index is 0.0242. The summed E-state index contributed by atoms with van der Waals surface area (Å²) in [5.74, 6) is -0.247. The molecule has 1 amide bonds. The second kappa shape index (κ2) is 64.8. The fourth-order valence-electron chi connectivity index (χ4n) is 9.41. The van der Waals surface area contributed by atoms with Crippen molar-refractivity contribution in [1.29, 1.82) is 0 Å². The molecule has 0 aliphatic carbocycles. The zero-order valence-corrected chi connectivity index (χ0v) is 56.4. The number of phosphoric ester groups is 1. The Labute approximate surface area is 525 Å². The first-order valence-electron chi connectivity index (χ1n) is 34.7. The van der Waals surface area contributed by atoms with Crippen molar-refractivity contribution in [2.45, 2.75) is 289 Å². The molecule has 0 heterocycles. The number of amides is 1. The molecule has 0 bridgehead atoms. The number of phosphoric acid groups is 1. The third kappa shape index (κ3) is 67.7. The Hall–Kier alpha value is -3.62. The summed E-state index contributed by atoms with van der Waals surface area (Å²) < 4.78 is 23.4. The maximum absolute atomic E-state index is 13.0. The molecule has 0 aromatic carbocycles. The van der Waals surface area contributed by atoms with E-state index >= 15 is 0 Å². The van der Waals surface area contributed by atoms with Crippen LogP contribution in [0, 0.1) is 0 Å². The molecule has 0 saturated heterocycles. The van der Waals surface area contributed by atoms with Crippen LogP contribution in [0.2, 0.25) is 0 Å². The van der Waals surface area contributed by atoms with Gasteiger partial charge in [-0.1, -0.05) is 301 Å². The Morgan fingerprint density at radius 1 is 0.424 bits per heavy atom. The van der Waals surface area contributed by atoms with Crippen molar-refractivity contribution >= 4 is 13.7 Å². The van der Waals surface area contributed by atoms with E-state index in [4.69, 9.17) is 9.05 Å². The smallest absolute Gasteiger partial charge is 0.268 e. The lowest BCUT2D eigenvalue weighted by atomic mass is 10.0. The van der Waals surface area contributed by atoms with Crippen LogP contribution in [-0.4, -0.2) is 68.5 Å². The molecular formula is C76H131N2O6P. The Bertz CT molecular complexity index is 1900. The summed E-state index contributed by atoms with van der Waals surface area (Å²) >= 11 is 0. The quantitative estimate of drug-likeness (QED) is 0.0272. The molecular weight excluding hydrogens is 1070 g/mol. The van der Waals surface area contributed by atoms with Crippen molar-refractivity contribution in [3.63, 3.8) is 0 Å². The highest BCUT2D eigenvalue weighted by Crippen LogP contribution is 2.38. The minimum atomic E-state index is -4.64. The molecule has 0 spiro atoms. The molecule has 486 valence electrons. The molecule has 0 aromatic rings. The summed E-state index contributed by atoms with van der Waals surface area (Å²) in [5, 5.41) is 13.9. The van der Waals surface area contributed by atoms with Crippen LogP contribution in [0.3, 0.4) is 0 Å². The number of aliphatic hydroxyl groups excluding tert-OH is 1. The van der Waals surface area contributed by atoms with Crippen LogP contribution in [0.4, 0.5) is 0 Å². The third-order valence-electron chi connectivity index (χ3n) is 14.8. The zero-order valence-electron chi connectivity index (χ0n) is 55.5. The number of aliphatic hydroxyl groups is 1. The van der Waals surface area contributed by atoms with Gasteiger partial charge in [0.15, 0.2) is 0 Å². The first-order valence-corrected chi connectivity index (χ1v) is 36.2. The van der Waals surface area contributed by atoms with Gasteiger partial charge >= 0.3 is 0 Å². The summed E-state index contributed by atoms with van der Waals surface area (Å²) in [7, 11) is 1.19. The van der Waals surface area contributed by atoms with E-state index in [1.54, 1.807) is 6.08 Å². The molecule has 9 heteroatoms. The minimum Gasteiger partial charge on any atom is -0.756 e. The number of allylic oxidation sites excluding steroid dienone is 23. The molecule has 85 heavy (non-hydrogen) atoms. The van der Waals surface area contributed by atoms with E-state index < -0.39 is 26.6 Å². The normalized spacial score (nSPS) is 14.6. The van der Waals surface area contributed by atoms with Crippen LogP contribution in [0.15, 0.2) is 146 Å². The molecule has 2 N–H and O–H groups in total. The van der Waals surface area contributed by atoms with E-state index in [-0.39, 0.29) is 18.9 Å². The zero-order chi connectivity index (χ0) is 61.9. The number of carbonyl (C=O) groups excluding carboxylic acids is 1. The van der Waals surface area contributed by atoms with E-state index in [9.17, 15) is 19.4 Å². The Kier molecular flexibility index (Phi) is 62.1. The molecule has 0 aliphatic rings. The highest BCUT2D eigenvalue weighted by Gasteiger charge is 2.23. The molecule has 0 radical (unpaired) electrons. The van der Waals surface area contributed by atoms with Gasteiger partial charge in [-0.25, -0.2) is 0 Å². The summed E-state index contributed by atoms with van der Waals surface area (Å²) in [5.41, 5.74) is 0. The Morgan fingerprint density at radius 2 is 0.729 bits per heavy atom. The largest absolute Gasteiger partial charge is 0.756 e. The first kappa shape index (κ1) is 81.4. The number of hydrogen-bond acceptors (Lipinski definition) is 6. The Balaban J connectivity index is 4.27. The number of rotatable bonds is 62. The van der Waals surface area contributed by atoms with Crippen LogP contribution in [0.5, 0.6) is 0 Å². The lowest BCUT2D eigenvalue weighted by molar-refractivity contribution is -0.870. The van der Waals surface area contributed by atoms with Gasteiger partial charge in [0.25, 0.3) is 7.82 Å². The molecule has 3 unspecified atom stereocenters. The van der Waals surface area contributed by atoms with E-state index in [1.807, 2.05) is 27.2 Å². The van der Waals surface area contributed by atoms with Crippen LogP contribution in [0.1, 0.15) is 277 Å². The van der Waals surface area contributed by atoms with Crippen LogP contribution < -0.4 is 10.2 Å². The molecule has 0 rings (SSSR count). The molecule has 0 saturated carbocycles. The summed E-state index contributed by atoms with van der Waals surface area (Å²) in [6, 6.07) is -0.942. The van der Waals surface area contributed by atoms with E-state index in [0.29, 0.717) is 23.9 Å². The fourth-order valence-corrected chi connectivity index (χ4v) is 10.1. The van der Waals surface area contributed by atoms with Gasteiger partial charge in [-0.3, -0.25) is 9.36 Å². The van der Waals surface area contributed by atoms with Crippen LogP contribution in [0.25, 0.3) is 0 Å². The number of hydrogen-bond donors (Lipinski definition) is 2. The lowest BCUT2D eigenvalue weighted by Gasteiger charge is -2.29. The van der Waals surface area contributed by atoms with Crippen LogP contribution in [-0.2, 0) is 18.4 Å². The predicted molar refractivity (Wildman–Crippen MR) is 371 cm³/mol. The molecule has 3 atom stereocenters. The number of carbonyl (C=O) groups is 1. The van der Waals surface area contributed by atoms with E-state index in [0.717, 1.165) is 96.3 Å². The fraction of sp³-hybridized carbons (Fsp3) is 0.671. The Morgan fingerprint density at radius 3 is 1.09 bits per heavy atom. The van der Waals surface area contributed by atoms with Gasteiger partial charge in [0, 0.05) is 6.42 Å². The monoisotopic (exact) mass is 1200 g/mol. The number of nitrogens with one attached hydrogen (secondary N) is 1. The van der Waals surface area contributed by atoms with E-state index in [2.05, 4.69) is 153 Å². The van der Waals surface area contributed by atoms with Gasteiger partial charge < -0.3 is 28.8 Å². The SMILES string of the molecule is CC/C=C\C/C=C\C/C=C\C/C=C\C/C=C\C/C=C\C/C=C\C/C=C\C/C=C\CCCCCC(=O)NC(COP(=O)([O-])OCC[N+](C)(C)C)C(O)/C=C/CC/C=C/CC/C=C/CCCCCCCCCCCCCCCCCCCCCCCC. The van der Waals surface area contributed by atoms with Crippen molar-refractivity contribution < 1.29 is 32.9 Å². The van der Waals surface area contributed by atoms with Gasteiger partial charge in [-0.2, -0.15) is 0 Å². The highest BCUT2D eigenvalue weighted by atomic mass is 31.2. The van der Waals surface area contributed by atoms with Crippen molar-refractivity contribution in [3.05, 3.63) is 146 Å². The molecule has 0 fully saturated rings. The topological polar surface area (TPSA) is 108 Å². The number of unbranched alkanes of at least 4 members (excludes halogenated alkanes) is 27. The van der Waals surface area contributed by atoms with Crippen molar-refractivity contribution in [2.24, 2.45) is 0 Å². The molecule has 0 aromatic heterocycles. The first-order chi connectivity index (χ1) is 41.5. The second-order valence-corrected chi connectivity index (χ2v) is 25.5. The number of nitrogens with zero attached hydrogens (tertiary/aromatic N) is 1. The lowest BCUT2D eigenvalue weighted by Crippen LogP contribution is -2.45. The second-order valence-electron chi connectivity index (χ2n) is 24.1. The summed E-state index contributed by atoms with van der Waals surface area (Å²) in [4.78, 5) is 25.6. The van der Waals surface area contributed by atoms with Crippen molar-refractivity contribution in [3.8, 4) is 0 Å². The molecule has 8 nitrogen and oxygen atoms in total. The predicted octanol–water partition coefficient (Wildman–Crippen LogP) is 21.7. The maximum atomic E-state index is 13.0. The van der Waals surface area contributed by atoms with Gasteiger partial charge in [-0.15, -0.1) is 0 Å². The van der Waals surface area contributed by atoms with Gasteiger partial charge in [-0.05, 0) is 116 Å². The summed E-state index contributed by atoms with van der Waals surface area (Å²) in [6.45, 7) is 4.49.